The van der Waals surface area contributed by atoms with E-state index in [-0.39, 0.29) is 13.2 Å². The van der Waals surface area contributed by atoms with Gasteiger partial charge in [-0.05, 0) is 0 Å². The molecule has 142 valence electrons. The molecule has 1 aromatic rings. The van der Waals surface area contributed by atoms with Crippen LogP contribution in [-0.2, 0) is 10.1 Å². The fraction of sp³-hybridized carbons (Fsp3) is 0.250. The van der Waals surface area contributed by atoms with Crippen molar-refractivity contribution >= 4 is 16.1 Å². The largest absolute Gasteiger partial charge is 0.477 e. The van der Waals surface area contributed by atoms with Crippen LogP contribution in [0.15, 0.2) is 0 Å². The van der Waals surface area contributed by atoms with Crippen molar-refractivity contribution in [3.05, 3.63) is 34.6 Å². The highest BCUT2D eigenvalue weighted by atomic mass is 32.2. The van der Waals surface area contributed by atoms with Gasteiger partial charge in [0.1, 0.15) is 18.8 Å². The number of carboxylic acids is 1. The summed E-state index contributed by atoms with van der Waals surface area (Å²) in [5, 5.41) is 24.0. The lowest BCUT2D eigenvalue weighted by molar-refractivity contribution is 0.0682. The summed E-state index contributed by atoms with van der Waals surface area (Å²) < 4.78 is 88.0. The molecule has 0 atom stereocenters. The smallest absolute Gasteiger partial charge is 0.341 e. The van der Waals surface area contributed by atoms with Gasteiger partial charge >= 0.3 is 5.97 Å². The van der Waals surface area contributed by atoms with Gasteiger partial charge in [-0.15, -0.1) is 0 Å². The van der Waals surface area contributed by atoms with E-state index in [4.69, 9.17) is 19.9 Å². The zero-order valence-corrected chi connectivity index (χ0v) is 13.0. The van der Waals surface area contributed by atoms with Crippen molar-refractivity contribution in [1.29, 1.82) is 0 Å². The molecule has 0 aromatic heterocycles. The Labute approximate surface area is 138 Å². The first-order valence-corrected chi connectivity index (χ1v) is 7.48. The van der Waals surface area contributed by atoms with Crippen molar-refractivity contribution in [2.24, 2.45) is 0 Å². The van der Waals surface area contributed by atoms with E-state index in [0.717, 1.165) is 0 Å². The lowest BCUT2D eigenvalue weighted by atomic mass is 10.1. The van der Waals surface area contributed by atoms with E-state index >= 15 is 0 Å². The third-order valence-corrected chi connectivity index (χ3v) is 1.71. The maximum absolute atomic E-state index is 12.6. The Morgan fingerprint density at radius 1 is 0.880 bits per heavy atom. The van der Waals surface area contributed by atoms with E-state index in [0.29, 0.717) is 6.26 Å². The normalized spacial score (nSPS) is 9.64. The molecule has 0 aliphatic heterocycles. The zero-order chi connectivity index (χ0) is 20.4. The molecule has 0 fully saturated rings. The maximum atomic E-state index is 12.6. The molecular formula is C12H11F5O7S. The Balaban J connectivity index is 0. The highest BCUT2D eigenvalue weighted by Crippen LogP contribution is 2.22. The Hall–Kier alpha value is -2.27. The molecule has 0 saturated carbocycles. The lowest BCUT2D eigenvalue weighted by Gasteiger charge is -2.03. The number of hydrogen-bond acceptors (Lipinski definition) is 5. The third kappa shape index (κ3) is 10.2. The van der Waals surface area contributed by atoms with Crippen molar-refractivity contribution < 1.29 is 55.0 Å². The molecule has 0 bridgehead atoms. The van der Waals surface area contributed by atoms with E-state index < -0.39 is 50.7 Å². The molecule has 25 heavy (non-hydrogen) atoms. The van der Waals surface area contributed by atoms with Gasteiger partial charge < -0.3 is 15.3 Å². The Morgan fingerprint density at radius 3 is 1.32 bits per heavy atom. The van der Waals surface area contributed by atoms with Gasteiger partial charge in [-0.1, -0.05) is 11.8 Å². The maximum Gasteiger partial charge on any atom is 0.341 e. The standard InChI is InChI=1S/C7HF5O2.C4H6O2.CH4O3S/c8-2-1(7(13)14)3(9)5(11)6(12)4(2)10;5-3-1-2-4-6;1-5(2,3)4/h(H,13,14);5-6H,3-4H2;1H3,(H,2,3,4). The second-order valence-electron chi connectivity index (χ2n) is 3.65. The lowest BCUT2D eigenvalue weighted by Crippen LogP contribution is -2.11. The third-order valence-electron chi connectivity index (χ3n) is 1.71. The number of carboxylic acid groups (broad SMARTS) is 1. The summed E-state index contributed by atoms with van der Waals surface area (Å²) in [7, 11) is -3.67. The molecule has 0 heterocycles. The molecule has 0 unspecified atom stereocenters. The van der Waals surface area contributed by atoms with E-state index in [9.17, 15) is 35.2 Å². The summed E-state index contributed by atoms with van der Waals surface area (Å²) in [5.41, 5.74) is -1.86. The van der Waals surface area contributed by atoms with Crippen LogP contribution in [0, 0.1) is 40.9 Å². The first-order chi connectivity index (χ1) is 11.3. The second kappa shape index (κ2) is 11.3. The van der Waals surface area contributed by atoms with Crippen molar-refractivity contribution in [3.63, 3.8) is 0 Å². The fourth-order valence-corrected chi connectivity index (χ4v) is 0.904. The van der Waals surface area contributed by atoms with Crippen LogP contribution in [-0.4, -0.2) is 53.7 Å². The van der Waals surface area contributed by atoms with Gasteiger partial charge in [0.2, 0.25) is 5.82 Å². The van der Waals surface area contributed by atoms with Crippen molar-refractivity contribution in [3.8, 4) is 11.8 Å². The average Bonchev–Trinajstić information content (AvgIpc) is 2.48. The first-order valence-electron chi connectivity index (χ1n) is 5.64. The number of aromatic carboxylic acids is 1. The van der Waals surface area contributed by atoms with Gasteiger partial charge in [-0.2, -0.15) is 8.42 Å². The van der Waals surface area contributed by atoms with Crippen molar-refractivity contribution in [2.75, 3.05) is 19.5 Å². The summed E-state index contributed by atoms with van der Waals surface area (Å²) in [6.45, 7) is -0.332. The second-order valence-corrected chi connectivity index (χ2v) is 5.12. The molecule has 0 amide bonds. The molecular weight excluding hydrogens is 383 g/mol. The Bertz CT molecular complexity index is 723. The van der Waals surface area contributed by atoms with Crippen LogP contribution >= 0.6 is 0 Å². The number of rotatable bonds is 1. The van der Waals surface area contributed by atoms with E-state index in [1.54, 1.807) is 0 Å². The van der Waals surface area contributed by atoms with Gasteiger partial charge in [-0.3, -0.25) is 4.55 Å². The molecule has 0 spiro atoms. The predicted octanol–water partition coefficient (Wildman–Crippen LogP) is 0.559. The minimum absolute atomic E-state index is 0.166. The van der Waals surface area contributed by atoms with Crippen LogP contribution in [0.2, 0.25) is 0 Å². The molecule has 7 nitrogen and oxygen atoms in total. The molecule has 13 heteroatoms. The van der Waals surface area contributed by atoms with Crippen LogP contribution in [0.4, 0.5) is 22.0 Å². The van der Waals surface area contributed by atoms with Gasteiger partial charge in [0, 0.05) is 0 Å². The van der Waals surface area contributed by atoms with Crippen molar-refractivity contribution in [1.82, 2.24) is 0 Å². The predicted molar refractivity (Wildman–Crippen MR) is 72.6 cm³/mol. The summed E-state index contributed by atoms with van der Waals surface area (Å²) in [4.78, 5) is 10.1. The monoisotopic (exact) mass is 394 g/mol. The zero-order valence-electron chi connectivity index (χ0n) is 12.2. The minimum atomic E-state index is -3.67. The number of hydrogen-bond donors (Lipinski definition) is 4. The number of halogens is 5. The fourth-order valence-electron chi connectivity index (χ4n) is 0.904. The topological polar surface area (TPSA) is 132 Å². The number of aliphatic hydroxyl groups is 2. The highest BCUT2D eigenvalue weighted by molar-refractivity contribution is 7.85. The number of benzene rings is 1. The Morgan fingerprint density at radius 2 is 1.12 bits per heavy atom. The van der Waals surface area contributed by atoms with Crippen molar-refractivity contribution in [2.45, 2.75) is 0 Å². The van der Waals surface area contributed by atoms with Gasteiger partial charge in [-0.25, -0.2) is 26.7 Å². The van der Waals surface area contributed by atoms with E-state index in [1.165, 1.54) is 0 Å². The van der Waals surface area contributed by atoms with E-state index in [1.807, 2.05) is 0 Å². The summed E-state index contributed by atoms with van der Waals surface area (Å²) in [6.07, 6.45) is 0.715. The van der Waals surface area contributed by atoms with Crippen LogP contribution in [0.5, 0.6) is 0 Å². The van der Waals surface area contributed by atoms with Crippen LogP contribution in [0.1, 0.15) is 10.4 Å². The van der Waals surface area contributed by atoms with Crippen LogP contribution in [0.25, 0.3) is 0 Å². The van der Waals surface area contributed by atoms with Gasteiger partial charge in [0.25, 0.3) is 10.1 Å². The number of aliphatic hydroxyl groups excluding tert-OH is 2. The quantitative estimate of drug-likeness (QED) is 0.180. The summed E-state index contributed by atoms with van der Waals surface area (Å²) >= 11 is 0. The van der Waals surface area contributed by atoms with E-state index in [2.05, 4.69) is 11.8 Å². The molecule has 0 aliphatic rings. The Kier molecular flexibility index (Phi) is 11.3. The summed E-state index contributed by atoms with van der Waals surface area (Å²) in [6, 6.07) is 0. The van der Waals surface area contributed by atoms with Crippen LogP contribution in [0.3, 0.4) is 0 Å². The molecule has 0 radical (unpaired) electrons. The van der Waals surface area contributed by atoms with Gasteiger partial charge in [0.15, 0.2) is 23.3 Å². The van der Waals surface area contributed by atoms with Crippen LogP contribution < -0.4 is 0 Å². The SMILES string of the molecule is CS(=O)(=O)O.O=C(O)c1c(F)c(F)c(F)c(F)c1F.OCC#CCO. The number of carbonyl (C=O) groups is 1. The average molecular weight is 394 g/mol. The first kappa shape index (κ1) is 25.0. The molecule has 1 aromatic carbocycles. The highest BCUT2D eigenvalue weighted by Gasteiger charge is 2.29. The summed E-state index contributed by atoms with van der Waals surface area (Å²) in [5.74, 6) is -9.36. The molecule has 1 rings (SSSR count). The molecule has 0 saturated heterocycles. The molecule has 4 N–H and O–H groups in total. The van der Waals surface area contributed by atoms with Gasteiger partial charge in [0.05, 0.1) is 6.26 Å². The minimum Gasteiger partial charge on any atom is -0.477 e. The molecule has 0 aliphatic carbocycles.